The lowest BCUT2D eigenvalue weighted by atomic mass is 10.0. The molecule has 1 aliphatic heterocycles. The number of ether oxygens (including phenoxy) is 2. The summed E-state index contributed by atoms with van der Waals surface area (Å²) in [7, 11) is 1.63. The number of para-hydroxylation sites is 1. The molecule has 0 saturated carbocycles. The molecule has 158 valence electrons. The first kappa shape index (κ1) is 21.7. The van der Waals surface area contributed by atoms with E-state index in [4.69, 9.17) is 13.9 Å². The maximum Gasteiger partial charge on any atom is 0.336 e. The predicted molar refractivity (Wildman–Crippen MR) is 116 cm³/mol. The molecule has 0 radical (unpaired) electrons. The zero-order valence-electron chi connectivity index (χ0n) is 16.5. The minimum Gasteiger partial charge on any atom is -0.496 e. The molecule has 1 aromatic heterocycles. The maximum atomic E-state index is 12.9. The van der Waals surface area contributed by atoms with Crippen molar-refractivity contribution in [3.05, 3.63) is 70.6 Å². The summed E-state index contributed by atoms with van der Waals surface area (Å²) in [4.78, 5) is 26.2. The Bertz CT molecular complexity index is 1080. The van der Waals surface area contributed by atoms with Gasteiger partial charge in [-0.3, -0.25) is 4.79 Å². The van der Waals surface area contributed by atoms with Gasteiger partial charge in [0.25, 0.3) is 5.91 Å². The molecule has 7 nitrogen and oxygen atoms in total. The quantitative estimate of drug-likeness (QED) is 0.627. The number of methoxy groups -OCH3 is 1. The number of hydrogen-bond acceptors (Lipinski definition) is 6. The number of nitrogens with zero attached hydrogens (tertiary/aromatic N) is 1. The Balaban J connectivity index is 0.00000256. The van der Waals surface area contributed by atoms with Gasteiger partial charge in [-0.2, -0.15) is 0 Å². The lowest BCUT2D eigenvalue weighted by Gasteiger charge is -2.37. The van der Waals surface area contributed by atoms with Crippen LogP contribution in [0, 0.1) is 0 Å². The number of amides is 1. The van der Waals surface area contributed by atoms with E-state index in [0.29, 0.717) is 24.4 Å². The van der Waals surface area contributed by atoms with Crippen LogP contribution in [0.25, 0.3) is 11.0 Å². The van der Waals surface area contributed by atoms with Gasteiger partial charge in [-0.05, 0) is 24.3 Å². The third-order valence-electron chi connectivity index (χ3n) is 5.02. The van der Waals surface area contributed by atoms with Crippen molar-refractivity contribution >= 4 is 29.3 Å². The third-order valence-corrected chi connectivity index (χ3v) is 5.02. The topological polar surface area (TPSA) is 81.0 Å². The van der Waals surface area contributed by atoms with Crippen LogP contribution in [0.3, 0.4) is 0 Å². The molecule has 0 bridgehead atoms. The molecule has 3 aromatic rings. The fraction of sp³-hybridized carbons (Fsp3) is 0.273. The molecular formula is C22H23ClN2O5. The maximum absolute atomic E-state index is 12.9. The first-order valence-electron chi connectivity index (χ1n) is 9.45. The number of halogens is 1. The summed E-state index contributed by atoms with van der Waals surface area (Å²) >= 11 is 0. The van der Waals surface area contributed by atoms with Crippen LogP contribution in [0.5, 0.6) is 11.5 Å². The smallest absolute Gasteiger partial charge is 0.336 e. The number of carbonyl (C=O) groups is 1. The van der Waals surface area contributed by atoms with Crippen molar-refractivity contribution in [2.24, 2.45) is 0 Å². The van der Waals surface area contributed by atoms with Crippen LogP contribution in [0.15, 0.2) is 63.8 Å². The lowest BCUT2D eigenvalue weighted by molar-refractivity contribution is -0.136. The predicted octanol–water partition coefficient (Wildman–Crippen LogP) is 2.78. The molecule has 2 heterocycles. The number of rotatable bonds is 5. The second-order valence-corrected chi connectivity index (χ2v) is 6.79. The number of carbonyl (C=O) groups excluding carboxylic acids is 1. The number of fused-ring (bicyclic) bond motifs is 1. The van der Waals surface area contributed by atoms with Gasteiger partial charge in [0, 0.05) is 42.7 Å². The van der Waals surface area contributed by atoms with Crippen molar-refractivity contribution in [1.82, 2.24) is 10.2 Å². The SMILES string of the molecule is COc1ccccc1C1CNCCN1C(=O)COc1ccc2ccc(=O)oc2c1.Cl. The summed E-state index contributed by atoms with van der Waals surface area (Å²) in [5.41, 5.74) is 0.964. The van der Waals surface area contributed by atoms with E-state index in [2.05, 4.69) is 5.32 Å². The van der Waals surface area contributed by atoms with Crippen molar-refractivity contribution < 1.29 is 18.7 Å². The number of piperazine rings is 1. The first-order chi connectivity index (χ1) is 14.2. The molecule has 1 fully saturated rings. The van der Waals surface area contributed by atoms with E-state index in [0.717, 1.165) is 23.2 Å². The van der Waals surface area contributed by atoms with Gasteiger partial charge in [0.2, 0.25) is 0 Å². The summed E-state index contributed by atoms with van der Waals surface area (Å²) in [5.74, 6) is 1.12. The molecule has 2 aromatic carbocycles. The van der Waals surface area contributed by atoms with Crippen LogP contribution in [0.2, 0.25) is 0 Å². The average Bonchev–Trinajstić information content (AvgIpc) is 2.77. The Hall–Kier alpha value is -3.03. The van der Waals surface area contributed by atoms with E-state index in [-0.39, 0.29) is 31.0 Å². The van der Waals surface area contributed by atoms with E-state index >= 15 is 0 Å². The van der Waals surface area contributed by atoms with Gasteiger partial charge in [-0.1, -0.05) is 18.2 Å². The van der Waals surface area contributed by atoms with Crippen LogP contribution in [-0.4, -0.2) is 44.2 Å². The second-order valence-electron chi connectivity index (χ2n) is 6.79. The van der Waals surface area contributed by atoms with Crippen LogP contribution in [-0.2, 0) is 4.79 Å². The summed E-state index contributed by atoms with van der Waals surface area (Å²) in [6, 6.07) is 15.8. The van der Waals surface area contributed by atoms with Gasteiger partial charge >= 0.3 is 5.63 Å². The van der Waals surface area contributed by atoms with Gasteiger partial charge < -0.3 is 24.1 Å². The fourth-order valence-electron chi connectivity index (χ4n) is 3.58. The van der Waals surface area contributed by atoms with Gasteiger partial charge in [-0.25, -0.2) is 4.79 Å². The molecule has 1 saturated heterocycles. The minimum atomic E-state index is -0.425. The van der Waals surface area contributed by atoms with Gasteiger partial charge in [0.1, 0.15) is 17.1 Å². The zero-order chi connectivity index (χ0) is 20.2. The van der Waals surface area contributed by atoms with Crippen LogP contribution >= 0.6 is 12.4 Å². The van der Waals surface area contributed by atoms with E-state index in [1.54, 1.807) is 31.4 Å². The van der Waals surface area contributed by atoms with Gasteiger partial charge in [-0.15, -0.1) is 12.4 Å². The Kier molecular flexibility index (Phi) is 6.97. The Morgan fingerprint density at radius 2 is 2.00 bits per heavy atom. The molecule has 8 heteroatoms. The van der Waals surface area contributed by atoms with E-state index < -0.39 is 5.63 Å². The molecular weight excluding hydrogens is 408 g/mol. The number of benzene rings is 2. The highest BCUT2D eigenvalue weighted by atomic mass is 35.5. The van der Waals surface area contributed by atoms with Crippen molar-refractivity contribution in [3.8, 4) is 11.5 Å². The highest BCUT2D eigenvalue weighted by molar-refractivity contribution is 5.85. The van der Waals surface area contributed by atoms with Crippen LogP contribution < -0.4 is 20.4 Å². The highest BCUT2D eigenvalue weighted by Crippen LogP contribution is 2.30. The largest absolute Gasteiger partial charge is 0.496 e. The fourth-order valence-corrected chi connectivity index (χ4v) is 3.58. The molecule has 0 aliphatic carbocycles. The Morgan fingerprint density at radius 3 is 2.83 bits per heavy atom. The lowest BCUT2D eigenvalue weighted by Crippen LogP contribution is -2.50. The Labute approximate surface area is 180 Å². The van der Waals surface area contributed by atoms with Crippen LogP contribution in [0.1, 0.15) is 11.6 Å². The zero-order valence-corrected chi connectivity index (χ0v) is 17.3. The average molecular weight is 431 g/mol. The van der Waals surface area contributed by atoms with E-state index in [9.17, 15) is 9.59 Å². The van der Waals surface area contributed by atoms with Crippen molar-refractivity contribution in [3.63, 3.8) is 0 Å². The van der Waals surface area contributed by atoms with E-state index in [1.165, 1.54) is 6.07 Å². The molecule has 30 heavy (non-hydrogen) atoms. The standard InChI is InChI=1S/C22H22N2O5.ClH/c1-27-19-5-3-2-4-17(19)18-13-23-10-11-24(18)21(25)14-28-16-8-6-15-7-9-22(26)29-20(15)12-16;/h2-9,12,18,23H,10-11,13-14H2,1H3;1H. The van der Waals surface area contributed by atoms with Crippen LogP contribution in [0.4, 0.5) is 0 Å². The van der Waals surface area contributed by atoms with Crippen molar-refractivity contribution in [2.75, 3.05) is 33.4 Å². The molecule has 1 atom stereocenters. The summed E-state index contributed by atoms with van der Waals surface area (Å²) in [6.07, 6.45) is 0. The summed E-state index contributed by atoms with van der Waals surface area (Å²) < 4.78 is 16.4. The second kappa shape index (κ2) is 9.65. The highest BCUT2D eigenvalue weighted by Gasteiger charge is 2.30. The summed E-state index contributed by atoms with van der Waals surface area (Å²) in [5, 5.41) is 4.13. The molecule has 4 rings (SSSR count). The normalized spacial score (nSPS) is 16.0. The molecule has 1 aliphatic rings. The molecule has 1 N–H and O–H groups in total. The number of hydrogen-bond donors (Lipinski definition) is 1. The summed E-state index contributed by atoms with van der Waals surface area (Å²) in [6.45, 7) is 1.84. The monoisotopic (exact) mass is 430 g/mol. The molecule has 1 amide bonds. The van der Waals surface area contributed by atoms with Crippen molar-refractivity contribution in [2.45, 2.75) is 6.04 Å². The van der Waals surface area contributed by atoms with E-state index in [1.807, 2.05) is 29.2 Å². The molecule has 1 unspecified atom stereocenters. The minimum absolute atomic E-state index is 0. The third kappa shape index (κ3) is 4.58. The Morgan fingerprint density at radius 1 is 1.20 bits per heavy atom. The molecule has 0 spiro atoms. The van der Waals surface area contributed by atoms with Gasteiger partial charge in [0.15, 0.2) is 6.61 Å². The van der Waals surface area contributed by atoms with Crippen molar-refractivity contribution in [1.29, 1.82) is 0 Å². The van der Waals surface area contributed by atoms with Gasteiger partial charge in [0.05, 0.1) is 13.2 Å². The first-order valence-corrected chi connectivity index (χ1v) is 9.45. The number of nitrogens with one attached hydrogen (secondary N) is 1.